The Labute approximate surface area is 110 Å². The summed E-state index contributed by atoms with van der Waals surface area (Å²) in [7, 11) is 1.96. The highest BCUT2D eigenvalue weighted by molar-refractivity contribution is 7.71. The van der Waals surface area contributed by atoms with E-state index in [4.69, 9.17) is 12.2 Å². The van der Waals surface area contributed by atoms with Crippen molar-refractivity contribution in [2.45, 2.75) is 13.0 Å². The van der Waals surface area contributed by atoms with Gasteiger partial charge in [-0.1, -0.05) is 12.1 Å². The number of rotatable bonds is 3. The average molecular weight is 258 g/mol. The van der Waals surface area contributed by atoms with Gasteiger partial charge in [0.15, 0.2) is 4.77 Å². The average Bonchev–Trinajstić information content (AvgIpc) is 2.90. The molecule has 0 fully saturated rings. The van der Waals surface area contributed by atoms with E-state index >= 15 is 0 Å². The molecule has 0 saturated carbocycles. The third kappa shape index (κ3) is 1.86. The number of nitrogens with zero attached hydrogens (tertiary/aromatic N) is 3. The Morgan fingerprint density at radius 3 is 2.89 bits per heavy atom. The predicted octanol–water partition coefficient (Wildman–Crippen LogP) is 2.68. The van der Waals surface area contributed by atoms with Crippen molar-refractivity contribution in [1.29, 1.82) is 0 Å². The van der Waals surface area contributed by atoms with Gasteiger partial charge in [0.1, 0.15) is 0 Å². The van der Waals surface area contributed by atoms with E-state index in [-0.39, 0.29) is 0 Å². The highest BCUT2D eigenvalue weighted by Gasteiger charge is 2.05. The van der Waals surface area contributed by atoms with Crippen molar-refractivity contribution in [3.05, 3.63) is 47.0 Å². The summed E-state index contributed by atoms with van der Waals surface area (Å²) < 4.78 is 4.81. The van der Waals surface area contributed by atoms with Crippen LogP contribution in [-0.2, 0) is 20.0 Å². The Hall–Kier alpha value is -1.88. The molecule has 1 aromatic carbocycles. The van der Waals surface area contributed by atoms with E-state index in [0.717, 1.165) is 28.8 Å². The fourth-order valence-electron chi connectivity index (χ4n) is 2.20. The summed E-state index contributed by atoms with van der Waals surface area (Å²) in [4.78, 5) is 3.23. The summed E-state index contributed by atoms with van der Waals surface area (Å²) in [6.45, 7) is 0.863. The van der Waals surface area contributed by atoms with Crippen molar-refractivity contribution in [1.82, 2.24) is 19.3 Å². The molecule has 0 bridgehead atoms. The summed E-state index contributed by atoms with van der Waals surface area (Å²) in [6, 6.07) is 10.2. The smallest absolute Gasteiger partial charge is 0.178 e. The van der Waals surface area contributed by atoms with E-state index in [1.807, 2.05) is 42.2 Å². The first kappa shape index (κ1) is 11.2. The number of fused-ring (bicyclic) bond motifs is 1. The molecular weight excluding hydrogens is 244 g/mol. The van der Waals surface area contributed by atoms with Crippen molar-refractivity contribution in [2.75, 3.05) is 0 Å². The van der Waals surface area contributed by atoms with Crippen molar-refractivity contribution in [3.63, 3.8) is 0 Å². The van der Waals surface area contributed by atoms with Crippen LogP contribution in [0.3, 0.4) is 0 Å². The van der Waals surface area contributed by atoms with E-state index < -0.39 is 0 Å². The minimum atomic E-state index is 0.776. The Morgan fingerprint density at radius 2 is 2.11 bits per heavy atom. The Kier molecular flexibility index (Phi) is 2.76. The molecule has 92 valence electrons. The maximum atomic E-state index is 5.37. The second kappa shape index (κ2) is 4.42. The van der Waals surface area contributed by atoms with Crippen LogP contribution in [-0.4, -0.2) is 19.3 Å². The molecule has 5 heteroatoms. The molecule has 0 spiro atoms. The van der Waals surface area contributed by atoms with Gasteiger partial charge in [-0.15, -0.1) is 0 Å². The summed E-state index contributed by atoms with van der Waals surface area (Å²) >= 11 is 5.37. The van der Waals surface area contributed by atoms with Crippen LogP contribution >= 0.6 is 12.2 Å². The van der Waals surface area contributed by atoms with Gasteiger partial charge in [-0.05, 0) is 30.4 Å². The van der Waals surface area contributed by atoms with Crippen LogP contribution in [0, 0.1) is 4.77 Å². The molecule has 0 aliphatic rings. The van der Waals surface area contributed by atoms with E-state index in [1.54, 1.807) is 0 Å². The quantitative estimate of drug-likeness (QED) is 0.734. The van der Waals surface area contributed by atoms with Crippen molar-refractivity contribution >= 4 is 23.3 Å². The molecule has 3 aromatic rings. The van der Waals surface area contributed by atoms with E-state index in [1.165, 1.54) is 5.69 Å². The highest BCUT2D eigenvalue weighted by Crippen LogP contribution is 2.14. The van der Waals surface area contributed by atoms with Crippen LogP contribution in [0.25, 0.3) is 11.0 Å². The zero-order valence-electron chi connectivity index (χ0n) is 10.1. The number of aryl methyl sites for hydroxylation is 3. The van der Waals surface area contributed by atoms with Gasteiger partial charge < -0.3 is 9.55 Å². The molecule has 0 amide bonds. The van der Waals surface area contributed by atoms with E-state index in [0.29, 0.717) is 0 Å². The van der Waals surface area contributed by atoms with Crippen LogP contribution in [0.4, 0.5) is 0 Å². The molecule has 0 aliphatic heterocycles. The number of H-pyrrole nitrogens is 1. The number of aromatic amines is 1. The van der Waals surface area contributed by atoms with Crippen LogP contribution in [0.1, 0.15) is 5.69 Å². The van der Waals surface area contributed by atoms with Gasteiger partial charge in [0.2, 0.25) is 0 Å². The lowest BCUT2D eigenvalue weighted by Gasteiger charge is -2.05. The second-order valence-corrected chi connectivity index (χ2v) is 4.68. The molecule has 18 heavy (non-hydrogen) atoms. The zero-order valence-corrected chi connectivity index (χ0v) is 10.9. The third-order valence-electron chi connectivity index (χ3n) is 3.20. The number of para-hydroxylation sites is 2. The molecule has 3 rings (SSSR count). The summed E-state index contributed by atoms with van der Waals surface area (Å²) in [5.74, 6) is 0. The molecule has 4 nitrogen and oxygen atoms in total. The molecule has 0 aliphatic carbocycles. The normalized spacial score (nSPS) is 11.2. The van der Waals surface area contributed by atoms with Gasteiger partial charge in [-0.3, -0.25) is 4.68 Å². The van der Waals surface area contributed by atoms with Gasteiger partial charge in [-0.25, -0.2) is 0 Å². The standard InChI is InChI=1S/C13H14N4S/c1-16-10(6-8-14-16)7-9-17-12-5-3-2-4-11(12)15-13(17)18/h2-6,8H,7,9H2,1H3,(H,15,18). The Balaban J connectivity index is 1.93. The minimum Gasteiger partial charge on any atom is -0.331 e. The molecule has 2 heterocycles. The molecule has 0 unspecified atom stereocenters. The minimum absolute atomic E-state index is 0.776. The molecular formula is C13H14N4S. The second-order valence-electron chi connectivity index (χ2n) is 4.30. The highest BCUT2D eigenvalue weighted by atomic mass is 32.1. The summed E-state index contributed by atoms with van der Waals surface area (Å²) in [6.07, 6.45) is 2.75. The Morgan fingerprint density at radius 1 is 1.28 bits per heavy atom. The molecule has 0 atom stereocenters. The fraction of sp³-hybridized carbons (Fsp3) is 0.231. The lowest BCUT2D eigenvalue weighted by Crippen LogP contribution is -2.05. The van der Waals surface area contributed by atoms with Gasteiger partial charge in [0, 0.05) is 31.9 Å². The molecule has 0 saturated heterocycles. The largest absolute Gasteiger partial charge is 0.331 e. The molecule has 0 radical (unpaired) electrons. The van der Waals surface area contributed by atoms with E-state index in [9.17, 15) is 0 Å². The number of hydrogen-bond donors (Lipinski definition) is 1. The number of nitrogens with one attached hydrogen (secondary N) is 1. The van der Waals surface area contributed by atoms with Gasteiger partial charge in [-0.2, -0.15) is 5.10 Å². The third-order valence-corrected chi connectivity index (χ3v) is 3.52. The van der Waals surface area contributed by atoms with Gasteiger partial charge in [0.05, 0.1) is 11.0 Å². The predicted molar refractivity (Wildman–Crippen MR) is 74.0 cm³/mol. The van der Waals surface area contributed by atoms with Crippen molar-refractivity contribution in [3.8, 4) is 0 Å². The van der Waals surface area contributed by atoms with Crippen LogP contribution in [0.5, 0.6) is 0 Å². The monoisotopic (exact) mass is 258 g/mol. The lowest BCUT2D eigenvalue weighted by atomic mass is 10.3. The number of imidazole rings is 1. The first-order valence-corrected chi connectivity index (χ1v) is 6.31. The summed E-state index contributed by atoms with van der Waals surface area (Å²) in [5, 5.41) is 4.17. The van der Waals surface area contributed by atoms with Crippen molar-refractivity contribution < 1.29 is 0 Å². The van der Waals surface area contributed by atoms with Crippen LogP contribution < -0.4 is 0 Å². The summed E-state index contributed by atoms with van der Waals surface area (Å²) in [5.41, 5.74) is 3.46. The maximum absolute atomic E-state index is 5.37. The van der Waals surface area contributed by atoms with Crippen molar-refractivity contribution in [2.24, 2.45) is 7.05 Å². The van der Waals surface area contributed by atoms with Gasteiger partial charge >= 0.3 is 0 Å². The lowest BCUT2D eigenvalue weighted by molar-refractivity contribution is 0.642. The number of aromatic nitrogens is 4. The first-order valence-electron chi connectivity index (χ1n) is 5.90. The fourth-order valence-corrected chi connectivity index (χ4v) is 2.50. The molecule has 1 N–H and O–H groups in total. The van der Waals surface area contributed by atoms with Gasteiger partial charge in [0.25, 0.3) is 0 Å². The number of benzene rings is 1. The molecule has 2 aromatic heterocycles. The maximum Gasteiger partial charge on any atom is 0.178 e. The zero-order chi connectivity index (χ0) is 12.5. The number of hydrogen-bond acceptors (Lipinski definition) is 2. The first-order chi connectivity index (χ1) is 8.75. The van der Waals surface area contributed by atoms with Crippen LogP contribution in [0.15, 0.2) is 36.5 Å². The Bertz CT molecular complexity index is 735. The topological polar surface area (TPSA) is 38.5 Å². The van der Waals surface area contributed by atoms with E-state index in [2.05, 4.69) is 20.7 Å². The SMILES string of the molecule is Cn1nccc1CCn1c(=S)[nH]c2ccccc21. The van der Waals surface area contributed by atoms with Crippen LogP contribution in [0.2, 0.25) is 0 Å².